The van der Waals surface area contributed by atoms with E-state index in [0.29, 0.717) is 0 Å². The van der Waals surface area contributed by atoms with E-state index >= 15 is 0 Å². The Morgan fingerprint density at radius 3 is 1.75 bits per heavy atom. The number of nitrogens with zero attached hydrogens (tertiary/aromatic N) is 2. The van der Waals surface area contributed by atoms with Gasteiger partial charge in [-0.2, -0.15) is 0 Å². The summed E-state index contributed by atoms with van der Waals surface area (Å²) in [6.45, 7) is 0. The SMILES string of the molecule is c1cc(-c2ccc(N(c3ccc4oc5c6ccccc6ccc5c4c3)c3cc4ccccc4c4ccccc34)cc2)cc(-n2c3ccccc3c3ccccc32)c1. The van der Waals surface area contributed by atoms with Crippen LogP contribution >= 0.6 is 0 Å². The van der Waals surface area contributed by atoms with Crippen LogP contribution in [0.3, 0.4) is 0 Å². The molecule has 0 spiro atoms. The number of hydrogen-bond acceptors (Lipinski definition) is 2. The minimum Gasteiger partial charge on any atom is -0.455 e. The molecule has 12 rings (SSSR count). The van der Waals surface area contributed by atoms with Gasteiger partial charge >= 0.3 is 0 Å². The number of anilines is 3. The van der Waals surface area contributed by atoms with Crippen LogP contribution in [-0.4, -0.2) is 4.57 Å². The van der Waals surface area contributed by atoms with Crippen LogP contribution in [0.1, 0.15) is 0 Å². The third-order valence-corrected chi connectivity index (χ3v) is 11.7. The molecule has 0 fully saturated rings. The molecule has 12 aromatic rings. The molecule has 57 heavy (non-hydrogen) atoms. The second-order valence-electron chi connectivity index (χ2n) is 14.9. The number of fused-ring (bicyclic) bond motifs is 11. The molecule has 0 aliphatic carbocycles. The van der Waals surface area contributed by atoms with Crippen molar-refractivity contribution in [3.63, 3.8) is 0 Å². The van der Waals surface area contributed by atoms with Crippen LogP contribution in [0, 0.1) is 0 Å². The van der Waals surface area contributed by atoms with E-state index in [2.05, 4.69) is 216 Å². The van der Waals surface area contributed by atoms with Crippen LogP contribution in [0.2, 0.25) is 0 Å². The largest absolute Gasteiger partial charge is 0.455 e. The van der Waals surface area contributed by atoms with Gasteiger partial charge in [0, 0.05) is 49.4 Å². The average Bonchev–Trinajstić information content (AvgIpc) is 3.83. The molecule has 0 bridgehead atoms. The standard InChI is InChI=1S/C54H34N2O/c1-4-17-43-36(12-1)26-30-48-49-34-41(29-31-53(49)57-54(43)48)55(52-33-38-13-2-3-16-42(38)44-18-5-6-19-45(44)52)39-27-24-35(25-28-39)37-14-11-15-40(32-37)56-50-22-9-7-20-46(50)47-21-8-10-23-51(47)56/h1-34H. The van der Waals surface area contributed by atoms with Gasteiger partial charge in [0.05, 0.1) is 16.7 Å². The summed E-state index contributed by atoms with van der Waals surface area (Å²) in [6.07, 6.45) is 0. The second-order valence-corrected chi connectivity index (χ2v) is 14.9. The van der Waals surface area contributed by atoms with Crippen molar-refractivity contribution in [2.75, 3.05) is 4.90 Å². The topological polar surface area (TPSA) is 21.3 Å². The lowest BCUT2D eigenvalue weighted by atomic mass is 9.98. The quantitative estimate of drug-likeness (QED) is 0.165. The molecule has 10 aromatic carbocycles. The highest BCUT2D eigenvalue weighted by Gasteiger charge is 2.20. The summed E-state index contributed by atoms with van der Waals surface area (Å²) >= 11 is 0. The zero-order chi connectivity index (χ0) is 37.5. The number of benzene rings is 10. The van der Waals surface area contributed by atoms with Gasteiger partial charge in [0.15, 0.2) is 0 Å². The van der Waals surface area contributed by atoms with Crippen LogP contribution in [0.5, 0.6) is 0 Å². The zero-order valence-electron chi connectivity index (χ0n) is 30.9. The van der Waals surface area contributed by atoms with Crippen molar-refractivity contribution in [3.05, 3.63) is 206 Å². The monoisotopic (exact) mass is 726 g/mol. The van der Waals surface area contributed by atoms with Crippen molar-refractivity contribution in [2.45, 2.75) is 0 Å². The van der Waals surface area contributed by atoms with E-state index in [1.807, 2.05) is 0 Å². The number of hydrogen-bond donors (Lipinski definition) is 0. The Hall–Kier alpha value is -7.62. The van der Waals surface area contributed by atoms with Crippen molar-refractivity contribution >= 4 is 93.1 Å². The van der Waals surface area contributed by atoms with Crippen molar-refractivity contribution in [3.8, 4) is 16.8 Å². The molecule has 2 heterocycles. The van der Waals surface area contributed by atoms with Gasteiger partial charge in [-0.3, -0.25) is 0 Å². The summed E-state index contributed by atoms with van der Waals surface area (Å²) in [5, 5.41) is 11.9. The van der Waals surface area contributed by atoms with Crippen LogP contribution < -0.4 is 4.90 Å². The van der Waals surface area contributed by atoms with Crippen molar-refractivity contribution in [1.82, 2.24) is 4.57 Å². The van der Waals surface area contributed by atoms with Gasteiger partial charge in [0.25, 0.3) is 0 Å². The summed E-state index contributed by atoms with van der Waals surface area (Å²) in [4.78, 5) is 2.41. The van der Waals surface area contributed by atoms with Crippen LogP contribution in [0.4, 0.5) is 17.1 Å². The summed E-state index contributed by atoms with van der Waals surface area (Å²) in [5.41, 5.74) is 11.0. The Labute approximate surface area is 328 Å². The smallest absolute Gasteiger partial charge is 0.143 e. The van der Waals surface area contributed by atoms with E-state index in [4.69, 9.17) is 4.42 Å². The van der Waals surface area contributed by atoms with E-state index in [9.17, 15) is 0 Å². The molecule has 0 aliphatic rings. The van der Waals surface area contributed by atoms with Crippen LogP contribution in [-0.2, 0) is 0 Å². The van der Waals surface area contributed by atoms with Crippen LogP contribution in [0.25, 0.3) is 92.9 Å². The maximum atomic E-state index is 6.57. The lowest BCUT2D eigenvalue weighted by molar-refractivity contribution is 0.672. The maximum absolute atomic E-state index is 6.57. The molecule has 3 nitrogen and oxygen atoms in total. The van der Waals surface area contributed by atoms with Gasteiger partial charge in [0.1, 0.15) is 11.2 Å². The van der Waals surface area contributed by atoms with Gasteiger partial charge in [-0.25, -0.2) is 0 Å². The minimum atomic E-state index is 0.881. The first kappa shape index (κ1) is 31.7. The van der Waals surface area contributed by atoms with Crippen molar-refractivity contribution in [2.24, 2.45) is 0 Å². The Morgan fingerprint density at radius 1 is 0.351 bits per heavy atom. The van der Waals surface area contributed by atoms with E-state index in [-0.39, 0.29) is 0 Å². The fourth-order valence-electron chi connectivity index (χ4n) is 9.11. The fraction of sp³-hybridized carbons (Fsp3) is 0. The number of aromatic nitrogens is 1. The van der Waals surface area contributed by atoms with Gasteiger partial charge in [-0.15, -0.1) is 0 Å². The van der Waals surface area contributed by atoms with Crippen molar-refractivity contribution < 1.29 is 4.42 Å². The summed E-state index contributed by atoms with van der Waals surface area (Å²) in [5.74, 6) is 0. The molecule has 2 aromatic heterocycles. The number of para-hydroxylation sites is 2. The molecule has 0 unspecified atom stereocenters. The Bertz CT molecular complexity index is 3480. The van der Waals surface area contributed by atoms with Gasteiger partial charge < -0.3 is 13.9 Å². The third-order valence-electron chi connectivity index (χ3n) is 11.7. The Balaban J connectivity index is 1.03. The summed E-state index contributed by atoms with van der Waals surface area (Å²) in [6, 6.07) is 74.6. The number of rotatable bonds is 5. The van der Waals surface area contributed by atoms with E-state index < -0.39 is 0 Å². The number of furan rings is 1. The van der Waals surface area contributed by atoms with Crippen molar-refractivity contribution in [1.29, 1.82) is 0 Å². The van der Waals surface area contributed by atoms with E-state index in [1.165, 1.54) is 54.3 Å². The first-order valence-corrected chi connectivity index (χ1v) is 19.5. The molecule has 0 N–H and O–H groups in total. The van der Waals surface area contributed by atoms with E-state index in [0.717, 1.165) is 55.6 Å². The highest BCUT2D eigenvalue weighted by Crippen LogP contribution is 2.45. The lowest BCUT2D eigenvalue weighted by Crippen LogP contribution is -2.10. The average molecular weight is 727 g/mol. The first-order chi connectivity index (χ1) is 28.3. The normalized spacial score (nSPS) is 11.9. The van der Waals surface area contributed by atoms with Gasteiger partial charge in [-0.1, -0.05) is 140 Å². The molecule has 0 saturated heterocycles. The molecule has 266 valence electrons. The predicted molar refractivity (Wildman–Crippen MR) is 241 cm³/mol. The highest BCUT2D eigenvalue weighted by molar-refractivity contribution is 6.17. The second kappa shape index (κ2) is 12.5. The molecule has 0 aliphatic heterocycles. The molecule has 3 heteroatoms. The molecular formula is C54H34N2O. The predicted octanol–water partition coefficient (Wildman–Crippen LogP) is 15.3. The van der Waals surface area contributed by atoms with Gasteiger partial charge in [0.2, 0.25) is 0 Å². The minimum absolute atomic E-state index is 0.881. The molecule has 0 amide bonds. The maximum Gasteiger partial charge on any atom is 0.143 e. The van der Waals surface area contributed by atoms with Crippen LogP contribution in [0.15, 0.2) is 211 Å². The lowest BCUT2D eigenvalue weighted by Gasteiger charge is -2.28. The van der Waals surface area contributed by atoms with E-state index in [1.54, 1.807) is 0 Å². The molecule has 0 saturated carbocycles. The van der Waals surface area contributed by atoms with Gasteiger partial charge in [-0.05, 0) is 99.4 Å². The molecule has 0 radical (unpaired) electrons. The molecular weight excluding hydrogens is 693 g/mol. The zero-order valence-corrected chi connectivity index (χ0v) is 30.9. The fourth-order valence-corrected chi connectivity index (χ4v) is 9.11. The summed E-state index contributed by atoms with van der Waals surface area (Å²) in [7, 11) is 0. The molecule has 0 atom stereocenters. The Kier molecular flexibility index (Phi) is 6.93. The Morgan fingerprint density at radius 2 is 0.982 bits per heavy atom. The third kappa shape index (κ3) is 4.92. The summed E-state index contributed by atoms with van der Waals surface area (Å²) < 4.78 is 8.95. The first-order valence-electron chi connectivity index (χ1n) is 19.5. The highest BCUT2D eigenvalue weighted by atomic mass is 16.3.